The van der Waals surface area contributed by atoms with Crippen LogP contribution >= 0.6 is 0 Å². The van der Waals surface area contributed by atoms with E-state index in [2.05, 4.69) is 20.6 Å². The molecule has 1 rings (SSSR count). The summed E-state index contributed by atoms with van der Waals surface area (Å²) in [7, 11) is 0. The van der Waals surface area contributed by atoms with Gasteiger partial charge in [0.25, 0.3) is 0 Å². The highest BCUT2D eigenvalue weighted by molar-refractivity contribution is 5.92. The number of primary amides is 1. The number of carboxylic acids is 1. The molecule has 8 N–H and O–H groups in total. The molecule has 27 heavy (non-hydrogen) atoms. The van der Waals surface area contributed by atoms with Gasteiger partial charge in [-0.3, -0.25) is 14.4 Å². The number of amides is 3. The van der Waals surface area contributed by atoms with E-state index in [1.807, 2.05) is 0 Å². The summed E-state index contributed by atoms with van der Waals surface area (Å²) < 4.78 is 0. The van der Waals surface area contributed by atoms with Gasteiger partial charge in [-0.05, 0) is 12.3 Å². The number of hydrogen-bond acceptors (Lipinski definition) is 6. The van der Waals surface area contributed by atoms with Gasteiger partial charge in [-0.1, -0.05) is 13.8 Å². The topological polar surface area (TPSA) is 193 Å². The van der Waals surface area contributed by atoms with Gasteiger partial charge in [-0.15, -0.1) is 0 Å². The minimum atomic E-state index is -1.25. The average Bonchev–Trinajstić information content (AvgIpc) is 3.09. The molecule has 0 radical (unpaired) electrons. The summed E-state index contributed by atoms with van der Waals surface area (Å²) in [6.07, 6.45) is 2.57. The number of nitrogens with one attached hydrogen (secondary N) is 3. The Morgan fingerprint density at radius 2 is 1.81 bits per heavy atom. The Kier molecular flexibility index (Phi) is 8.39. The SMILES string of the molecule is CC(C)C(N)C(=O)NC(CCC(N)=O)C(=O)NC(Cc1cnc[nH]1)C(=O)O. The molecule has 11 nitrogen and oxygen atoms in total. The van der Waals surface area contributed by atoms with Crippen molar-refractivity contribution in [1.29, 1.82) is 0 Å². The second kappa shape index (κ2) is 10.3. The van der Waals surface area contributed by atoms with Crippen LogP contribution in [0.4, 0.5) is 0 Å². The molecule has 0 saturated carbocycles. The van der Waals surface area contributed by atoms with Crippen LogP contribution in [0.3, 0.4) is 0 Å². The number of rotatable bonds is 11. The zero-order chi connectivity index (χ0) is 20.6. The molecule has 11 heteroatoms. The molecule has 1 aromatic rings. The van der Waals surface area contributed by atoms with Crippen molar-refractivity contribution in [3.8, 4) is 0 Å². The van der Waals surface area contributed by atoms with E-state index in [1.54, 1.807) is 13.8 Å². The third-order valence-electron chi connectivity index (χ3n) is 3.93. The first-order valence-corrected chi connectivity index (χ1v) is 8.46. The number of H-pyrrole nitrogens is 1. The predicted octanol–water partition coefficient (Wildman–Crippen LogP) is -1.74. The van der Waals surface area contributed by atoms with Crippen molar-refractivity contribution in [2.45, 2.75) is 51.2 Å². The van der Waals surface area contributed by atoms with Gasteiger partial charge in [0.05, 0.1) is 12.4 Å². The third kappa shape index (κ3) is 7.44. The normalized spacial score (nSPS) is 14.2. The number of imidazole rings is 1. The van der Waals surface area contributed by atoms with Crippen LogP contribution in [0, 0.1) is 5.92 Å². The fourth-order valence-corrected chi connectivity index (χ4v) is 2.21. The highest BCUT2D eigenvalue weighted by Crippen LogP contribution is 2.05. The maximum absolute atomic E-state index is 12.5. The van der Waals surface area contributed by atoms with Crippen molar-refractivity contribution in [2.75, 3.05) is 0 Å². The molecule has 3 atom stereocenters. The zero-order valence-corrected chi connectivity index (χ0v) is 15.3. The van der Waals surface area contributed by atoms with Crippen molar-refractivity contribution >= 4 is 23.7 Å². The van der Waals surface area contributed by atoms with Gasteiger partial charge in [-0.25, -0.2) is 9.78 Å². The molecule has 150 valence electrons. The van der Waals surface area contributed by atoms with Gasteiger partial charge in [0.2, 0.25) is 17.7 Å². The van der Waals surface area contributed by atoms with E-state index < -0.39 is 41.8 Å². The number of carbonyl (C=O) groups excluding carboxylic acids is 3. The van der Waals surface area contributed by atoms with Crippen LogP contribution in [0.2, 0.25) is 0 Å². The average molecular weight is 382 g/mol. The monoisotopic (exact) mass is 382 g/mol. The first-order valence-electron chi connectivity index (χ1n) is 8.46. The Bertz CT molecular complexity index is 660. The molecular weight excluding hydrogens is 356 g/mol. The van der Waals surface area contributed by atoms with Crippen LogP contribution in [0.25, 0.3) is 0 Å². The van der Waals surface area contributed by atoms with Gasteiger partial charge < -0.3 is 32.2 Å². The van der Waals surface area contributed by atoms with Crippen LogP contribution in [-0.4, -0.2) is 56.9 Å². The molecule has 0 bridgehead atoms. The summed E-state index contributed by atoms with van der Waals surface area (Å²) in [5, 5.41) is 14.2. The number of nitrogens with zero attached hydrogens (tertiary/aromatic N) is 1. The largest absolute Gasteiger partial charge is 0.480 e. The van der Waals surface area contributed by atoms with E-state index in [-0.39, 0.29) is 25.2 Å². The Morgan fingerprint density at radius 1 is 1.19 bits per heavy atom. The molecule has 3 amide bonds. The van der Waals surface area contributed by atoms with Gasteiger partial charge in [0.15, 0.2) is 0 Å². The standard InChI is InChI=1S/C16H26N6O5/c1-8(2)13(18)15(25)21-10(3-4-12(17)23)14(24)22-11(16(26)27)5-9-6-19-7-20-9/h6-8,10-11,13H,3-5,18H2,1-2H3,(H2,17,23)(H,19,20)(H,21,25)(H,22,24)(H,26,27). The van der Waals surface area contributed by atoms with E-state index >= 15 is 0 Å². The molecule has 1 aromatic heterocycles. The van der Waals surface area contributed by atoms with Gasteiger partial charge >= 0.3 is 5.97 Å². The molecule has 0 aliphatic carbocycles. The number of hydrogen-bond donors (Lipinski definition) is 6. The minimum absolute atomic E-state index is 0.0247. The van der Waals surface area contributed by atoms with E-state index in [0.717, 1.165) is 0 Å². The highest BCUT2D eigenvalue weighted by Gasteiger charge is 2.29. The fourth-order valence-electron chi connectivity index (χ4n) is 2.21. The Balaban J connectivity index is 2.84. The van der Waals surface area contributed by atoms with Crippen molar-refractivity contribution < 1.29 is 24.3 Å². The number of aromatic amines is 1. The molecule has 0 aliphatic heterocycles. The number of carboxylic acid groups (broad SMARTS) is 1. The highest BCUT2D eigenvalue weighted by atomic mass is 16.4. The van der Waals surface area contributed by atoms with Crippen LogP contribution in [0.1, 0.15) is 32.4 Å². The van der Waals surface area contributed by atoms with Crippen LogP contribution < -0.4 is 22.1 Å². The van der Waals surface area contributed by atoms with Gasteiger partial charge in [0, 0.05) is 24.7 Å². The van der Waals surface area contributed by atoms with Crippen molar-refractivity contribution in [2.24, 2.45) is 17.4 Å². The number of aliphatic carboxylic acids is 1. The van der Waals surface area contributed by atoms with E-state index in [4.69, 9.17) is 11.5 Å². The Labute approximate surface area is 156 Å². The first kappa shape index (κ1) is 22.1. The van der Waals surface area contributed by atoms with Gasteiger partial charge in [-0.2, -0.15) is 0 Å². The van der Waals surface area contributed by atoms with Crippen molar-refractivity contribution in [3.05, 3.63) is 18.2 Å². The van der Waals surface area contributed by atoms with Crippen LogP contribution in [-0.2, 0) is 25.6 Å². The van der Waals surface area contributed by atoms with E-state index in [1.165, 1.54) is 12.5 Å². The molecule has 3 unspecified atom stereocenters. The lowest BCUT2D eigenvalue weighted by Crippen LogP contribution is -2.55. The summed E-state index contributed by atoms with van der Waals surface area (Å²) in [5.74, 6) is -3.39. The second-order valence-electron chi connectivity index (χ2n) is 6.52. The Morgan fingerprint density at radius 3 is 2.30 bits per heavy atom. The molecule has 1 heterocycles. The molecule has 0 spiro atoms. The molecular formula is C16H26N6O5. The van der Waals surface area contributed by atoms with Crippen molar-refractivity contribution in [1.82, 2.24) is 20.6 Å². The minimum Gasteiger partial charge on any atom is -0.480 e. The maximum atomic E-state index is 12.5. The van der Waals surface area contributed by atoms with Crippen LogP contribution in [0.15, 0.2) is 12.5 Å². The molecule has 0 aromatic carbocycles. The second-order valence-corrected chi connectivity index (χ2v) is 6.52. The number of aromatic nitrogens is 2. The lowest BCUT2D eigenvalue weighted by molar-refractivity contribution is -0.142. The Hall–Kier alpha value is -2.95. The number of carbonyl (C=O) groups is 4. The quantitative estimate of drug-likeness (QED) is 0.261. The lowest BCUT2D eigenvalue weighted by atomic mass is 10.0. The summed E-state index contributed by atoms with van der Waals surface area (Å²) >= 11 is 0. The summed E-state index contributed by atoms with van der Waals surface area (Å²) in [6, 6.07) is -3.24. The molecule has 0 aliphatic rings. The molecule has 0 fully saturated rings. The van der Waals surface area contributed by atoms with Gasteiger partial charge in [0.1, 0.15) is 12.1 Å². The third-order valence-corrected chi connectivity index (χ3v) is 3.93. The summed E-state index contributed by atoms with van der Waals surface area (Å²) in [5.41, 5.74) is 11.4. The zero-order valence-electron chi connectivity index (χ0n) is 15.3. The predicted molar refractivity (Wildman–Crippen MR) is 95.0 cm³/mol. The van der Waals surface area contributed by atoms with E-state index in [0.29, 0.717) is 5.69 Å². The summed E-state index contributed by atoms with van der Waals surface area (Å²) in [4.78, 5) is 53.7. The molecule has 0 saturated heterocycles. The smallest absolute Gasteiger partial charge is 0.326 e. The number of nitrogens with two attached hydrogens (primary N) is 2. The summed E-state index contributed by atoms with van der Waals surface area (Å²) in [6.45, 7) is 3.49. The lowest BCUT2D eigenvalue weighted by Gasteiger charge is -2.23. The maximum Gasteiger partial charge on any atom is 0.326 e. The van der Waals surface area contributed by atoms with Crippen molar-refractivity contribution in [3.63, 3.8) is 0 Å². The van der Waals surface area contributed by atoms with Crippen LogP contribution in [0.5, 0.6) is 0 Å². The fraction of sp³-hybridized carbons (Fsp3) is 0.562. The first-order chi connectivity index (χ1) is 12.6. The van der Waals surface area contributed by atoms with E-state index in [9.17, 15) is 24.3 Å².